The van der Waals surface area contributed by atoms with Crippen molar-refractivity contribution in [3.63, 3.8) is 0 Å². The molecule has 1 fully saturated rings. The maximum Gasteiger partial charge on any atom is 0.109 e. The Morgan fingerprint density at radius 3 is 2.82 bits per heavy atom. The number of ether oxygens (including phenoxy) is 2. The van der Waals surface area contributed by atoms with Crippen molar-refractivity contribution in [3.05, 3.63) is 0 Å². The van der Waals surface area contributed by atoms with E-state index in [1.165, 1.54) is 0 Å². The van der Waals surface area contributed by atoms with Gasteiger partial charge < -0.3 is 9.47 Å². The molecule has 1 aliphatic carbocycles. The van der Waals surface area contributed by atoms with Crippen molar-refractivity contribution in [2.45, 2.75) is 57.8 Å². The second kappa shape index (κ2) is 6.95. The molecule has 17 heavy (non-hydrogen) atoms. The maximum atomic E-state index is 9.22. The smallest absolute Gasteiger partial charge is 0.109 e. The minimum atomic E-state index is -0.363. The van der Waals surface area contributed by atoms with Gasteiger partial charge in [0.05, 0.1) is 31.5 Å². The molecule has 1 N–H and O–H groups in total. The summed E-state index contributed by atoms with van der Waals surface area (Å²) in [4.78, 5) is 0. The molecular formula is C13H24N2O2. The van der Waals surface area contributed by atoms with Crippen LogP contribution in [0.2, 0.25) is 0 Å². The van der Waals surface area contributed by atoms with Gasteiger partial charge in [-0.15, -0.1) is 0 Å². The lowest BCUT2D eigenvalue weighted by atomic mass is 10.00. The lowest BCUT2D eigenvalue weighted by Crippen LogP contribution is -2.41. The van der Waals surface area contributed by atoms with Crippen molar-refractivity contribution < 1.29 is 9.47 Å². The van der Waals surface area contributed by atoms with Crippen LogP contribution < -0.4 is 5.32 Å². The average molecular weight is 240 g/mol. The van der Waals surface area contributed by atoms with Gasteiger partial charge in [0.25, 0.3) is 0 Å². The van der Waals surface area contributed by atoms with Crippen LogP contribution in [0.25, 0.3) is 0 Å². The van der Waals surface area contributed by atoms with E-state index in [0.29, 0.717) is 13.2 Å². The first-order chi connectivity index (χ1) is 8.12. The predicted octanol–water partition coefficient (Wildman–Crippen LogP) is 1.85. The molecule has 0 aromatic rings. The Bertz CT molecular complexity index is 263. The quantitative estimate of drug-likeness (QED) is 0.690. The fourth-order valence-corrected chi connectivity index (χ4v) is 2.28. The summed E-state index contributed by atoms with van der Waals surface area (Å²) < 4.78 is 11.2. The Morgan fingerprint density at radius 1 is 1.47 bits per heavy atom. The van der Waals surface area contributed by atoms with Gasteiger partial charge in [-0.3, -0.25) is 5.32 Å². The number of nitrogens with zero attached hydrogens (tertiary/aromatic N) is 1. The van der Waals surface area contributed by atoms with Gasteiger partial charge in [0.2, 0.25) is 0 Å². The van der Waals surface area contributed by atoms with Crippen LogP contribution in [-0.4, -0.2) is 37.5 Å². The van der Waals surface area contributed by atoms with Gasteiger partial charge in [-0.25, -0.2) is 0 Å². The molecule has 2 unspecified atom stereocenters. The first-order valence-corrected chi connectivity index (χ1v) is 6.51. The fraction of sp³-hybridized carbons (Fsp3) is 0.923. The summed E-state index contributed by atoms with van der Waals surface area (Å²) >= 11 is 0. The molecule has 1 saturated carbocycles. The minimum absolute atomic E-state index is 0.199. The molecule has 4 nitrogen and oxygen atoms in total. The summed E-state index contributed by atoms with van der Waals surface area (Å²) in [6.45, 7) is 8.15. The summed E-state index contributed by atoms with van der Waals surface area (Å²) in [6.07, 6.45) is 3.08. The second-order valence-corrected chi connectivity index (χ2v) is 4.88. The monoisotopic (exact) mass is 240 g/mol. The highest BCUT2D eigenvalue weighted by molar-refractivity contribution is 5.12. The van der Waals surface area contributed by atoms with Crippen LogP contribution in [0.3, 0.4) is 0 Å². The van der Waals surface area contributed by atoms with E-state index in [1.54, 1.807) is 0 Å². The molecule has 0 spiro atoms. The van der Waals surface area contributed by atoms with E-state index in [0.717, 1.165) is 25.8 Å². The Morgan fingerprint density at radius 2 is 2.24 bits per heavy atom. The van der Waals surface area contributed by atoms with Crippen molar-refractivity contribution in [1.29, 1.82) is 5.26 Å². The van der Waals surface area contributed by atoms with Crippen LogP contribution in [0.5, 0.6) is 0 Å². The molecule has 4 heteroatoms. The van der Waals surface area contributed by atoms with Gasteiger partial charge >= 0.3 is 0 Å². The molecule has 0 saturated heterocycles. The zero-order valence-corrected chi connectivity index (χ0v) is 11.2. The topological polar surface area (TPSA) is 54.3 Å². The van der Waals surface area contributed by atoms with Gasteiger partial charge in [-0.05, 0) is 33.2 Å². The third-order valence-corrected chi connectivity index (χ3v) is 3.09. The summed E-state index contributed by atoms with van der Waals surface area (Å²) in [7, 11) is 0. The van der Waals surface area contributed by atoms with Crippen molar-refractivity contribution in [3.8, 4) is 6.07 Å². The van der Waals surface area contributed by atoms with Crippen molar-refractivity contribution in [1.82, 2.24) is 5.32 Å². The van der Waals surface area contributed by atoms with E-state index < -0.39 is 0 Å². The van der Waals surface area contributed by atoms with Gasteiger partial charge in [-0.2, -0.15) is 5.26 Å². The zero-order chi connectivity index (χ0) is 12.7. The SMILES string of the molecule is CCNC1(C#N)CCC(OCCOC(C)C)C1. The molecule has 0 amide bonds. The number of hydrogen-bond acceptors (Lipinski definition) is 4. The van der Waals surface area contributed by atoms with Gasteiger partial charge in [0, 0.05) is 6.42 Å². The third kappa shape index (κ3) is 4.63. The molecule has 1 rings (SSSR count). The number of nitriles is 1. The first kappa shape index (κ1) is 14.4. The molecule has 0 aromatic carbocycles. The maximum absolute atomic E-state index is 9.22. The van der Waals surface area contributed by atoms with Crippen molar-refractivity contribution in [2.24, 2.45) is 0 Å². The van der Waals surface area contributed by atoms with Crippen molar-refractivity contribution in [2.75, 3.05) is 19.8 Å². The second-order valence-electron chi connectivity index (χ2n) is 4.88. The molecule has 0 heterocycles. The number of hydrogen-bond donors (Lipinski definition) is 1. The highest BCUT2D eigenvalue weighted by Crippen LogP contribution is 2.31. The zero-order valence-electron chi connectivity index (χ0n) is 11.2. The molecule has 0 radical (unpaired) electrons. The van der Waals surface area contributed by atoms with Crippen LogP contribution >= 0.6 is 0 Å². The number of rotatable bonds is 7. The van der Waals surface area contributed by atoms with E-state index >= 15 is 0 Å². The van der Waals surface area contributed by atoms with Crippen LogP contribution in [0.1, 0.15) is 40.0 Å². The van der Waals surface area contributed by atoms with E-state index in [1.807, 2.05) is 20.8 Å². The normalized spacial score (nSPS) is 28.5. The van der Waals surface area contributed by atoms with Gasteiger partial charge in [-0.1, -0.05) is 6.92 Å². The minimum Gasteiger partial charge on any atom is -0.376 e. The molecule has 0 aromatic heterocycles. The number of nitrogens with one attached hydrogen (secondary N) is 1. The molecule has 0 bridgehead atoms. The summed E-state index contributed by atoms with van der Waals surface area (Å²) in [5, 5.41) is 12.5. The van der Waals surface area contributed by atoms with E-state index in [9.17, 15) is 5.26 Å². The summed E-state index contributed by atoms with van der Waals surface area (Å²) in [5.74, 6) is 0. The average Bonchev–Trinajstić information content (AvgIpc) is 2.69. The summed E-state index contributed by atoms with van der Waals surface area (Å²) in [6, 6.07) is 2.39. The standard InChI is InChI=1S/C13H24N2O2/c1-4-15-13(10-14)6-5-12(9-13)17-8-7-16-11(2)3/h11-12,15H,4-9H2,1-3H3. The molecule has 2 atom stereocenters. The lowest BCUT2D eigenvalue weighted by Gasteiger charge is -2.21. The van der Waals surface area contributed by atoms with Crippen LogP contribution in [0.15, 0.2) is 0 Å². The van der Waals surface area contributed by atoms with E-state index in [4.69, 9.17) is 9.47 Å². The predicted molar refractivity (Wildman–Crippen MR) is 66.7 cm³/mol. The Labute approximate surface area is 104 Å². The Balaban J connectivity index is 2.23. The van der Waals surface area contributed by atoms with Gasteiger partial charge in [0.1, 0.15) is 5.54 Å². The van der Waals surface area contributed by atoms with Gasteiger partial charge in [0.15, 0.2) is 0 Å². The van der Waals surface area contributed by atoms with Crippen LogP contribution in [0, 0.1) is 11.3 Å². The first-order valence-electron chi connectivity index (χ1n) is 6.51. The van der Waals surface area contributed by atoms with E-state index in [2.05, 4.69) is 11.4 Å². The molecular weight excluding hydrogens is 216 g/mol. The highest BCUT2D eigenvalue weighted by atomic mass is 16.5. The van der Waals surface area contributed by atoms with Crippen LogP contribution in [0.4, 0.5) is 0 Å². The molecule has 1 aliphatic rings. The largest absolute Gasteiger partial charge is 0.376 e. The Hall–Kier alpha value is -0.630. The molecule has 98 valence electrons. The summed E-state index contributed by atoms with van der Waals surface area (Å²) in [5.41, 5.74) is -0.363. The lowest BCUT2D eigenvalue weighted by molar-refractivity contribution is -0.0114. The van der Waals surface area contributed by atoms with Crippen molar-refractivity contribution >= 4 is 0 Å². The van der Waals surface area contributed by atoms with E-state index in [-0.39, 0.29) is 17.7 Å². The highest BCUT2D eigenvalue weighted by Gasteiger charge is 2.39. The third-order valence-electron chi connectivity index (χ3n) is 3.09. The molecule has 0 aliphatic heterocycles. The van der Waals surface area contributed by atoms with Crippen LogP contribution in [-0.2, 0) is 9.47 Å². The fourth-order valence-electron chi connectivity index (χ4n) is 2.28. The Kier molecular flexibility index (Phi) is 5.90.